The second-order valence-electron chi connectivity index (χ2n) is 5.55. The number of carboxylic acid groups (broad SMARTS) is 1. The molecule has 3 unspecified atom stereocenters. The van der Waals surface area contributed by atoms with Crippen molar-refractivity contribution in [2.75, 3.05) is 0 Å². The molecular weight excluding hydrogens is 238 g/mol. The van der Waals surface area contributed by atoms with Gasteiger partial charge < -0.3 is 10.4 Å². The van der Waals surface area contributed by atoms with E-state index in [-0.39, 0.29) is 0 Å². The van der Waals surface area contributed by atoms with Gasteiger partial charge in [0.05, 0.1) is 5.56 Å². The molecule has 3 atom stereocenters. The van der Waals surface area contributed by atoms with E-state index in [9.17, 15) is 4.79 Å². The van der Waals surface area contributed by atoms with E-state index in [0.717, 1.165) is 11.5 Å². The van der Waals surface area contributed by atoms with E-state index in [1.54, 1.807) is 12.1 Å². The standard InChI is InChI=1S/C16H23NO2/c1-3-12-8-9-15(11(12)2)17-10-13-6-4-5-7-14(13)16(18)19/h4-7,11-12,15,17H,3,8-10H2,1-2H3,(H,18,19). The molecule has 1 aliphatic rings. The Hall–Kier alpha value is -1.35. The SMILES string of the molecule is CCC1CCC(NCc2ccccc2C(=O)O)C1C. The average molecular weight is 261 g/mol. The highest BCUT2D eigenvalue weighted by Crippen LogP contribution is 2.34. The maximum atomic E-state index is 11.2. The Morgan fingerprint density at radius 1 is 1.37 bits per heavy atom. The predicted octanol–water partition coefficient (Wildman–Crippen LogP) is 3.30. The molecule has 2 rings (SSSR count). The zero-order valence-corrected chi connectivity index (χ0v) is 11.7. The Labute approximate surface area is 115 Å². The highest BCUT2D eigenvalue weighted by Gasteiger charge is 2.31. The van der Waals surface area contributed by atoms with Gasteiger partial charge in [0, 0.05) is 12.6 Å². The maximum absolute atomic E-state index is 11.2. The summed E-state index contributed by atoms with van der Waals surface area (Å²) in [5, 5.41) is 12.7. The van der Waals surface area contributed by atoms with Crippen LogP contribution in [0.25, 0.3) is 0 Å². The van der Waals surface area contributed by atoms with E-state index in [0.29, 0.717) is 24.1 Å². The summed E-state index contributed by atoms with van der Waals surface area (Å²) in [5.41, 5.74) is 1.29. The third-order valence-corrected chi connectivity index (χ3v) is 4.55. The summed E-state index contributed by atoms with van der Waals surface area (Å²) in [6.07, 6.45) is 3.73. The number of aromatic carboxylic acids is 1. The Balaban J connectivity index is 1.98. The number of rotatable bonds is 5. The summed E-state index contributed by atoms with van der Waals surface area (Å²) in [5.74, 6) is 0.650. The molecule has 0 amide bonds. The van der Waals surface area contributed by atoms with Crippen molar-refractivity contribution in [3.63, 3.8) is 0 Å². The largest absolute Gasteiger partial charge is 0.478 e. The van der Waals surface area contributed by atoms with Crippen LogP contribution in [0.1, 0.15) is 49.0 Å². The maximum Gasteiger partial charge on any atom is 0.336 e. The van der Waals surface area contributed by atoms with Crippen molar-refractivity contribution in [2.45, 2.75) is 45.7 Å². The second-order valence-corrected chi connectivity index (χ2v) is 5.55. The normalized spacial score (nSPS) is 26.5. The zero-order chi connectivity index (χ0) is 13.8. The molecule has 0 radical (unpaired) electrons. The van der Waals surface area contributed by atoms with Crippen molar-refractivity contribution in [3.05, 3.63) is 35.4 Å². The van der Waals surface area contributed by atoms with E-state index in [2.05, 4.69) is 19.2 Å². The van der Waals surface area contributed by atoms with Gasteiger partial charge in [0.2, 0.25) is 0 Å². The second kappa shape index (κ2) is 6.20. The van der Waals surface area contributed by atoms with Crippen molar-refractivity contribution >= 4 is 5.97 Å². The molecule has 2 N–H and O–H groups in total. The van der Waals surface area contributed by atoms with Crippen LogP contribution in [0.2, 0.25) is 0 Å². The van der Waals surface area contributed by atoms with E-state index < -0.39 is 5.97 Å². The Bertz CT molecular complexity index is 444. The predicted molar refractivity (Wildman–Crippen MR) is 76.2 cm³/mol. The Morgan fingerprint density at radius 2 is 2.11 bits per heavy atom. The Morgan fingerprint density at radius 3 is 2.74 bits per heavy atom. The van der Waals surface area contributed by atoms with Gasteiger partial charge in [-0.2, -0.15) is 0 Å². The quantitative estimate of drug-likeness (QED) is 0.855. The van der Waals surface area contributed by atoms with Gasteiger partial charge in [0.25, 0.3) is 0 Å². The topological polar surface area (TPSA) is 49.3 Å². The van der Waals surface area contributed by atoms with E-state index in [4.69, 9.17) is 5.11 Å². The summed E-state index contributed by atoms with van der Waals surface area (Å²) >= 11 is 0. The molecule has 1 fully saturated rings. The van der Waals surface area contributed by atoms with Gasteiger partial charge in [-0.3, -0.25) is 0 Å². The van der Waals surface area contributed by atoms with Crippen molar-refractivity contribution in [1.29, 1.82) is 0 Å². The lowest BCUT2D eigenvalue weighted by atomic mass is 9.93. The first-order chi connectivity index (χ1) is 9.13. The molecule has 1 aromatic rings. The van der Waals surface area contributed by atoms with Crippen LogP contribution < -0.4 is 5.32 Å². The molecular formula is C16H23NO2. The number of carbonyl (C=O) groups is 1. The summed E-state index contributed by atoms with van der Waals surface area (Å²) in [4.78, 5) is 11.2. The monoisotopic (exact) mass is 261 g/mol. The van der Waals surface area contributed by atoms with Crippen LogP contribution in [0.3, 0.4) is 0 Å². The average Bonchev–Trinajstić information content (AvgIpc) is 2.77. The highest BCUT2D eigenvalue weighted by molar-refractivity contribution is 5.89. The van der Waals surface area contributed by atoms with E-state index >= 15 is 0 Å². The van der Waals surface area contributed by atoms with Gasteiger partial charge in [-0.25, -0.2) is 4.79 Å². The van der Waals surface area contributed by atoms with Crippen LogP contribution in [0.5, 0.6) is 0 Å². The summed E-state index contributed by atoms with van der Waals surface area (Å²) in [6, 6.07) is 7.76. The number of nitrogens with one attached hydrogen (secondary N) is 1. The van der Waals surface area contributed by atoms with Crippen LogP contribution in [-0.2, 0) is 6.54 Å². The van der Waals surface area contributed by atoms with Crippen molar-refractivity contribution < 1.29 is 9.90 Å². The van der Waals surface area contributed by atoms with Gasteiger partial charge in [-0.05, 0) is 36.3 Å². The molecule has 1 aromatic carbocycles. The third kappa shape index (κ3) is 3.16. The van der Waals surface area contributed by atoms with Crippen LogP contribution in [0.4, 0.5) is 0 Å². The van der Waals surface area contributed by atoms with Gasteiger partial charge in [0.1, 0.15) is 0 Å². The number of benzene rings is 1. The van der Waals surface area contributed by atoms with Gasteiger partial charge in [-0.1, -0.05) is 38.5 Å². The molecule has 3 nitrogen and oxygen atoms in total. The van der Waals surface area contributed by atoms with Crippen molar-refractivity contribution in [1.82, 2.24) is 5.32 Å². The Kier molecular flexibility index (Phi) is 4.59. The molecule has 104 valence electrons. The van der Waals surface area contributed by atoms with Crippen LogP contribution in [0.15, 0.2) is 24.3 Å². The van der Waals surface area contributed by atoms with Gasteiger partial charge in [-0.15, -0.1) is 0 Å². The lowest BCUT2D eigenvalue weighted by molar-refractivity contribution is 0.0695. The molecule has 0 aliphatic heterocycles. The lowest BCUT2D eigenvalue weighted by Crippen LogP contribution is -2.32. The fraction of sp³-hybridized carbons (Fsp3) is 0.562. The molecule has 0 aromatic heterocycles. The van der Waals surface area contributed by atoms with Crippen LogP contribution in [-0.4, -0.2) is 17.1 Å². The first-order valence-corrected chi connectivity index (χ1v) is 7.18. The smallest absolute Gasteiger partial charge is 0.336 e. The molecule has 0 spiro atoms. The minimum atomic E-state index is -0.844. The van der Waals surface area contributed by atoms with E-state index in [1.807, 2.05) is 12.1 Å². The van der Waals surface area contributed by atoms with Gasteiger partial charge >= 0.3 is 5.97 Å². The molecule has 1 aliphatic carbocycles. The molecule has 0 saturated heterocycles. The number of hydrogen-bond donors (Lipinski definition) is 2. The van der Waals surface area contributed by atoms with Crippen molar-refractivity contribution in [3.8, 4) is 0 Å². The first-order valence-electron chi connectivity index (χ1n) is 7.18. The fourth-order valence-corrected chi connectivity index (χ4v) is 3.24. The highest BCUT2D eigenvalue weighted by atomic mass is 16.4. The van der Waals surface area contributed by atoms with E-state index in [1.165, 1.54) is 19.3 Å². The summed E-state index contributed by atoms with van der Waals surface area (Å²) < 4.78 is 0. The summed E-state index contributed by atoms with van der Waals surface area (Å²) in [6.45, 7) is 5.21. The summed E-state index contributed by atoms with van der Waals surface area (Å²) in [7, 11) is 0. The number of hydrogen-bond acceptors (Lipinski definition) is 2. The molecule has 19 heavy (non-hydrogen) atoms. The van der Waals surface area contributed by atoms with Crippen LogP contribution in [0, 0.1) is 11.8 Å². The zero-order valence-electron chi connectivity index (χ0n) is 11.7. The first kappa shape index (κ1) is 14.1. The molecule has 3 heteroatoms. The minimum absolute atomic E-state index is 0.410. The van der Waals surface area contributed by atoms with Crippen LogP contribution >= 0.6 is 0 Å². The molecule has 0 heterocycles. The third-order valence-electron chi connectivity index (χ3n) is 4.55. The lowest BCUT2D eigenvalue weighted by Gasteiger charge is -2.21. The number of carboxylic acids is 1. The molecule has 0 bridgehead atoms. The fourth-order valence-electron chi connectivity index (χ4n) is 3.24. The minimum Gasteiger partial charge on any atom is -0.478 e. The van der Waals surface area contributed by atoms with Crippen molar-refractivity contribution in [2.24, 2.45) is 11.8 Å². The molecule has 1 saturated carbocycles. The van der Waals surface area contributed by atoms with Gasteiger partial charge in [0.15, 0.2) is 0 Å².